The van der Waals surface area contributed by atoms with Crippen LogP contribution < -0.4 is 5.73 Å². The normalized spacial score (nSPS) is 12.7. The van der Waals surface area contributed by atoms with Gasteiger partial charge in [0.25, 0.3) is 0 Å². The Labute approximate surface area is 87.5 Å². The van der Waals surface area contributed by atoms with Crippen molar-refractivity contribution in [3.63, 3.8) is 0 Å². The number of nitrogens with zero attached hydrogens (tertiary/aromatic N) is 2. The fourth-order valence-electron chi connectivity index (χ4n) is 1.38. The molecule has 0 amide bonds. The predicted octanol–water partition coefficient (Wildman–Crippen LogP) is 1.88. The summed E-state index contributed by atoms with van der Waals surface area (Å²) in [5.41, 5.74) is 7.47. The van der Waals surface area contributed by atoms with Gasteiger partial charge < -0.3 is 10.7 Å². The summed E-state index contributed by atoms with van der Waals surface area (Å²) in [4.78, 5) is 3.16. The number of hydrogen-bond donors (Lipinski definition) is 2. The number of fused-ring (bicyclic) bond motifs is 1. The molecule has 0 aliphatic rings. The molecule has 0 aliphatic heterocycles. The Morgan fingerprint density at radius 3 is 3.00 bits per heavy atom. The molecule has 0 fully saturated rings. The molecule has 4 heteroatoms. The van der Waals surface area contributed by atoms with Gasteiger partial charge >= 0.3 is 0 Å². The topological polar surface area (TPSA) is 66.5 Å². The highest BCUT2D eigenvalue weighted by Gasteiger charge is 1.98. The lowest BCUT2D eigenvalue weighted by atomic mass is 10.2. The number of rotatable bonds is 2. The molecule has 0 aliphatic carbocycles. The molecule has 15 heavy (non-hydrogen) atoms. The highest BCUT2D eigenvalue weighted by Crippen LogP contribution is 2.15. The maximum atomic E-state index is 5.37. The number of hydrogen-bond acceptors (Lipinski definition) is 2. The van der Waals surface area contributed by atoms with E-state index >= 15 is 0 Å². The van der Waals surface area contributed by atoms with E-state index in [1.165, 1.54) is 0 Å². The number of benzene rings is 1. The van der Waals surface area contributed by atoms with E-state index in [1.807, 2.05) is 30.5 Å². The van der Waals surface area contributed by atoms with Gasteiger partial charge in [0.1, 0.15) is 5.84 Å². The first-order chi connectivity index (χ1) is 7.27. The molecule has 0 saturated carbocycles. The van der Waals surface area contributed by atoms with Gasteiger partial charge in [-0.25, -0.2) is 0 Å². The second-order valence-electron chi connectivity index (χ2n) is 3.28. The number of nitrogens with two attached hydrogens (primary N) is 1. The van der Waals surface area contributed by atoms with Crippen LogP contribution in [0.25, 0.3) is 10.9 Å². The van der Waals surface area contributed by atoms with Crippen molar-refractivity contribution in [2.75, 3.05) is 0 Å². The third-order valence-corrected chi connectivity index (χ3v) is 2.03. The zero-order valence-corrected chi connectivity index (χ0v) is 8.44. The van der Waals surface area contributed by atoms with Crippen LogP contribution in [0.5, 0.6) is 0 Å². The molecular formula is C11H12N4. The van der Waals surface area contributed by atoms with Gasteiger partial charge in [0.15, 0.2) is 0 Å². The Morgan fingerprint density at radius 2 is 2.20 bits per heavy atom. The van der Waals surface area contributed by atoms with Crippen molar-refractivity contribution in [1.82, 2.24) is 4.98 Å². The Hall–Kier alpha value is -2.10. The van der Waals surface area contributed by atoms with E-state index in [0.717, 1.165) is 16.5 Å². The molecule has 2 aromatic rings. The van der Waals surface area contributed by atoms with E-state index in [0.29, 0.717) is 5.84 Å². The third kappa shape index (κ3) is 2.04. The monoisotopic (exact) mass is 200 g/mol. The lowest BCUT2D eigenvalue weighted by Gasteiger charge is -1.89. The number of aromatic amines is 1. The summed E-state index contributed by atoms with van der Waals surface area (Å²) in [6.45, 7) is 1.70. The molecule has 0 unspecified atom stereocenters. The summed E-state index contributed by atoms with van der Waals surface area (Å²) in [6, 6.07) is 8.03. The maximum Gasteiger partial charge on any atom is 0.119 e. The summed E-state index contributed by atoms with van der Waals surface area (Å²) in [7, 11) is 0. The molecular weight excluding hydrogens is 188 g/mol. The standard InChI is InChI=1S/C11H12N4/c1-8(12)15-14-7-9-6-13-11-5-3-2-4-10(9)11/h2-7,13H,1H3,(H2,12,15)/b14-7+. The van der Waals surface area contributed by atoms with Crippen LogP contribution in [0, 0.1) is 0 Å². The summed E-state index contributed by atoms with van der Waals surface area (Å²) >= 11 is 0. The van der Waals surface area contributed by atoms with Gasteiger partial charge in [-0.1, -0.05) is 18.2 Å². The van der Waals surface area contributed by atoms with Crippen LogP contribution >= 0.6 is 0 Å². The van der Waals surface area contributed by atoms with Crippen molar-refractivity contribution in [2.45, 2.75) is 6.92 Å². The second-order valence-corrected chi connectivity index (χ2v) is 3.28. The van der Waals surface area contributed by atoms with Crippen LogP contribution in [0.1, 0.15) is 12.5 Å². The molecule has 1 heterocycles. The fourth-order valence-corrected chi connectivity index (χ4v) is 1.38. The molecule has 0 radical (unpaired) electrons. The van der Waals surface area contributed by atoms with E-state index < -0.39 is 0 Å². The SMILES string of the molecule is C/C(N)=N/N=C/c1c[nH]c2ccccc12. The van der Waals surface area contributed by atoms with Crippen LogP contribution in [-0.4, -0.2) is 17.0 Å². The molecule has 0 spiro atoms. The first-order valence-electron chi connectivity index (χ1n) is 4.66. The minimum atomic E-state index is 0.450. The van der Waals surface area contributed by atoms with Crippen LogP contribution in [0.4, 0.5) is 0 Å². The third-order valence-electron chi connectivity index (χ3n) is 2.03. The van der Waals surface area contributed by atoms with Crippen LogP contribution in [0.15, 0.2) is 40.7 Å². The van der Waals surface area contributed by atoms with Crippen LogP contribution in [0.2, 0.25) is 0 Å². The van der Waals surface area contributed by atoms with E-state index in [9.17, 15) is 0 Å². The van der Waals surface area contributed by atoms with Gasteiger partial charge in [-0.05, 0) is 13.0 Å². The minimum Gasteiger partial charge on any atom is -0.386 e. The van der Waals surface area contributed by atoms with E-state index in [1.54, 1.807) is 13.1 Å². The minimum absolute atomic E-state index is 0.450. The van der Waals surface area contributed by atoms with Gasteiger partial charge in [-0.2, -0.15) is 5.10 Å². The van der Waals surface area contributed by atoms with Crippen molar-refractivity contribution >= 4 is 23.0 Å². The van der Waals surface area contributed by atoms with Crippen molar-refractivity contribution in [3.05, 3.63) is 36.0 Å². The summed E-state index contributed by atoms with van der Waals surface area (Å²) in [5.74, 6) is 0.450. The van der Waals surface area contributed by atoms with Gasteiger partial charge in [0.05, 0.1) is 6.21 Å². The fraction of sp³-hybridized carbons (Fsp3) is 0.0909. The zero-order valence-electron chi connectivity index (χ0n) is 8.44. The molecule has 0 bridgehead atoms. The number of H-pyrrole nitrogens is 1. The Morgan fingerprint density at radius 1 is 1.40 bits per heavy atom. The van der Waals surface area contributed by atoms with Gasteiger partial charge in [0, 0.05) is 22.7 Å². The van der Waals surface area contributed by atoms with E-state index in [-0.39, 0.29) is 0 Å². The highest BCUT2D eigenvalue weighted by molar-refractivity contribution is 5.99. The van der Waals surface area contributed by atoms with Gasteiger partial charge in [0.2, 0.25) is 0 Å². The van der Waals surface area contributed by atoms with Crippen LogP contribution in [0.3, 0.4) is 0 Å². The van der Waals surface area contributed by atoms with Crippen molar-refractivity contribution in [2.24, 2.45) is 15.9 Å². The van der Waals surface area contributed by atoms with Gasteiger partial charge in [-0.15, -0.1) is 5.10 Å². The lowest BCUT2D eigenvalue weighted by molar-refractivity contribution is 1.23. The van der Waals surface area contributed by atoms with E-state index in [2.05, 4.69) is 15.2 Å². The molecule has 0 saturated heterocycles. The smallest absolute Gasteiger partial charge is 0.119 e. The van der Waals surface area contributed by atoms with E-state index in [4.69, 9.17) is 5.73 Å². The molecule has 2 rings (SSSR count). The largest absolute Gasteiger partial charge is 0.386 e. The second kappa shape index (κ2) is 3.96. The first kappa shape index (κ1) is 9.45. The average molecular weight is 200 g/mol. The Bertz CT molecular complexity index is 518. The molecule has 3 N–H and O–H groups in total. The first-order valence-corrected chi connectivity index (χ1v) is 4.66. The summed E-state index contributed by atoms with van der Waals surface area (Å²) in [6.07, 6.45) is 3.59. The number of nitrogens with one attached hydrogen (secondary N) is 1. The highest BCUT2D eigenvalue weighted by atomic mass is 15.2. The molecule has 1 aromatic carbocycles. The maximum absolute atomic E-state index is 5.37. The molecule has 76 valence electrons. The average Bonchev–Trinajstić information content (AvgIpc) is 2.62. The summed E-state index contributed by atoms with van der Waals surface area (Å²) < 4.78 is 0. The molecule has 1 aromatic heterocycles. The molecule has 0 atom stereocenters. The van der Waals surface area contributed by atoms with Gasteiger partial charge in [-0.3, -0.25) is 0 Å². The van der Waals surface area contributed by atoms with Crippen molar-refractivity contribution in [1.29, 1.82) is 0 Å². The summed E-state index contributed by atoms with van der Waals surface area (Å²) in [5, 5.41) is 8.77. The number of amidine groups is 1. The zero-order chi connectivity index (χ0) is 10.7. The number of para-hydroxylation sites is 1. The van der Waals surface area contributed by atoms with Crippen molar-refractivity contribution in [3.8, 4) is 0 Å². The Kier molecular flexibility index (Phi) is 2.49. The number of aromatic nitrogens is 1. The Balaban J connectivity index is 2.37. The van der Waals surface area contributed by atoms with Crippen molar-refractivity contribution < 1.29 is 0 Å². The molecule has 4 nitrogen and oxygen atoms in total. The van der Waals surface area contributed by atoms with Crippen LogP contribution in [-0.2, 0) is 0 Å². The predicted molar refractivity (Wildman–Crippen MR) is 63.2 cm³/mol. The lowest BCUT2D eigenvalue weighted by Crippen LogP contribution is -2.03. The quantitative estimate of drug-likeness (QED) is 0.434.